The van der Waals surface area contributed by atoms with E-state index in [2.05, 4.69) is 16.8 Å². The highest BCUT2D eigenvalue weighted by molar-refractivity contribution is 7.10. The van der Waals surface area contributed by atoms with Crippen LogP contribution in [0.5, 0.6) is 0 Å². The van der Waals surface area contributed by atoms with Gasteiger partial charge in [-0.1, -0.05) is 13.8 Å². The third kappa shape index (κ3) is 4.74. The zero-order valence-electron chi connectivity index (χ0n) is 9.59. The van der Waals surface area contributed by atoms with Crippen molar-refractivity contribution in [3.8, 4) is 0 Å². The molecule has 0 atom stereocenters. The first kappa shape index (κ1) is 13.6. The second-order valence-corrected chi connectivity index (χ2v) is 3.67. The van der Waals surface area contributed by atoms with Gasteiger partial charge in [-0.25, -0.2) is 0 Å². The number of thiophene rings is 1. The maximum Gasteiger partial charge on any atom is 0.0727 e. The minimum atomic E-state index is 0.832. The molecule has 2 rings (SSSR count). The zero-order valence-corrected chi connectivity index (χ0v) is 10.4. The molecule has 0 bridgehead atoms. The van der Waals surface area contributed by atoms with Crippen LogP contribution in [0.4, 0.5) is 0 Å². The van der Waals surface area contributed by atoms with E-state index in [0.717, 1.165) is 19.6 Å². The predicted octanol–water partition coefficient (Wildman–Crippen LogP) is 2.68. The zero-order chi connectivity index (χ0) is 10.8. The summed E-state index contributed by atoms with van der Waals surface area (Å²) in [5, 5.41) is 4.89. The van der Waals surface area contributed by atoms with E-state index >= 15 is 0 Å². The topological polar surface area (TPSA) is 21.3 Å². The molecule has 1 aromatic heterocycles. The summed E-state index contributed by atoms with van der Waals surface area (Å²) in [6.07, 6.45) is 1.12. The Balaban J connectivity index is 0.000000294. The van der Waals surface area contributed by atoms with Gasteiger partial charge in [0, 0.05) is 11.3 Å². The fourth-order valence-corrected chi connectivity index (χ4v) is 1.94. The lowest BCUT2D eigenvalue weighted by Gasteiger charge is -2.10. The molecular weight excluding hydrogens is 194 g/mol. The van der Waals surface area contributed by atoms with Gasteiger partial charge in [-0.15, -0.1) is 11.3 Å². The number of nitrogens with one attached hydrogen (secondary N) is 1. The fourth-order valence-electron chi connectivity index (χ4n) is 1.06. The summed E-state index contributed by atoms with van der Waals surface area (Å²) in [6.45, 7) is 5.74. The molecule has 1 N–H and O–H groups in total. The monoisotopic (exact) mass is 215 g/mol. The van der Waals surface area contributed by atoms with Gasteiger partial charge in [0.1, 0.15) is 0 Å². The highest BCUT2D eigenvalue weighted by atomic mass is 32.1. The van der Waals surface area contributed by atoms with Gasteiger partial charge in [-0.2, -0.15) is 0 Å². The van der Waals surface area contributed by atoms with E-state index in [0.29, 0.717) is 0 Å². The molecule has 14 heavy (non-hydrogen) atoms. The number of hydrogen-bond donors (Lipinski definition) is 1. The summed E-state index contributed by atoms with van der Waals surface area (Å²) in [4.78, 5) is 1.52. The smallest absolute Gasteiger partial charge is 0.0727 e. The standard InChI is InChI=1S/C7H8OS.C2H7N.C2H6/c1-3-8-5-6-2-4-9-7(1)6;1-3-2;1-2/h2,4H,1,3,5H2;3H,1-2H3;1-2H3. The SMILES string of the molecule is CC.CNC.c1cc2c(s1)CCOC2. The summed E-state index contributed by atoms with van der Waals surface area (Å²) < 4.78 is 5.26. The minimum Gasteiger partial charge on any atom is -0.376 e. The van der Waals surface area contributed by atoms with Crippen molar-refractivity contribution < 1.29 is 4.74 Å². The molecule has 0 saturated carbocycles. The molecular formula is C11H21NOS. The van der Waals surface area contributed by atoms with E-state index in [1.54, 1.807) is 0 Å². The van der Waals surface area contributed by atoms with E-state index in [-0.39, 0.29) is 0 Å². The quantitative estimate of drug-likeness (QED) is 0.718. The van der Waals surface area contributed by atoms with Gasteiger partial charge in [0.25, 0.3) is 0 Å². The van der Waals surface area contributed by atoms with Crippen molar-refractivity contribution in [1.29, 1.82) is 0 Å². The lowest BCUT2D eigenvalue weighted by molar-refractivity contribution is 0.112. The largest absolute Gasteiger partial charge is 0.376 e. The molecule has 0 aromatic carbocycles. The maximum atomic E-state index is 5.26. The average Bonchev–Trinajstić information content (AvgIpc) is 2.69. The van der Waals surface area contributed by atoms with Crippen LogP contribution < -0.4 is 5.32 Å². The van der Waals surface area contributed by atoms with E-state index in [1.807, 2.05) is 39.3 Å². The van der Waals surface area contributed by atoms with Crippen LogP contribution in [0.25, 0.3) is 0 Å². The first-order valence-electron chi connectivity index (χ1n) is 5.10. The summed E-state index contributed by atoms with van der Waals surface area (Å²) in [7, 11) is 3.75. The van der Waals surface area contributed by atoms with E-state index in [4.69, 9.17) is 4.74 Å². The molecule has 3 heteroatoms. The number of fused-ring (bicyclic) bond motifs is 1. The van der Waals surface area contributed by atoms with Gasteiger partial charge in [0.2, 0.25) is 0 Å². The third-order valence-corrected chi connectivity index (χ3v) is 2.59. The Bertz CT molecular complexity index is 202. The summed E-state index contributed by atoms with van der Waals surface area (Å²) in [5.74, 6) is 0. The molecule has 82 valence electrons. The molecule has 1 aromatic rings. The molecule has 2 heterocycles. The normalized spacial score (nSPS) is 12.9. The minimum absolute atomic E-state index is 0.832. The molecule has 0 amide bonds. The Morgan fingerprint density at radius 3 is 2.57 bits per heavy atom. The average molecular weight is 215 g/mol. The Morgan fingerprint density at radius 1 is 1.36 bits per heavy atom. The number of hydrogen-bond acceptors (Lipinski definition) is 3. The third-order valence-electron chi connectivity index (χ3n) is 1.57. The van der Waals surface area contributed by atoms with Crippen molar-refractivity contribution in [3.63, 3.8) is 0 Å². The van der Waals surface area contributed by atoms with Gasteiger partial charge in [0.05, 0.1) is 13.2 Å². The van der Waals surface area contributed by atoms with Crippen LogP contribution in [0.1, 0.15) is 24.3 Å². The number of rotatable bonds is 0. The summed E-state index contributed by atoms with van der Waals surface area (Å²) >= 11 is 1.85. The van der Waals surface area contributed by atoms with Gasteiger partial charge >= 0.3 is 0 Å². The fraction of sp³-hybridized carbons (Fsp3) is 0.636. The van der Waals surface area contributed by atoms with Crippen molar-refractivity contribution in [2.75, 3.05) is 20.7 Å². The Labute approximate surface area is 91.3 Å². The van der Waals surface area contributed by atoms with Gasteiger partial charge in [-0.3, -0.25) is 0 Å². The van der Waals surface area contributed by atoms with Crippen molar-refractivity contribution in [1.82, 2.24) is 5.32 Å². The molecule has 0 fully saturated rings. The molecule has 0 spiro atoms. The van der Waals surface area contributed by atoms with Crippen LogP contribution in [-0.4, -0.2) is 20.7 Å². The first-order valence-corrected chi connectivity index (χ1v) is 5.98. The van der Waals surface area contributed by atoms with Gasteiger partial charge < -0.3 is 10.1 Å². The lowest BCUT2D eigenvalue weighted by Crippen LogP contribution is -2.05. The van der Waals surface area contributed by atoms with E-state index < -0.39 is 0 Å². The molecule has 1 aliphatic heterocycles. The van der Waals surface area contributed by atoms with Crippen LogP contribution in [0.2, 0.25) is 0 Å². The lowest BCUT2D eigenvalue weighted by atomic mass is 10.2. The second-order valence-electron chi connectivity index (χ2n) is 2.67. The van der Waals surface area contributed by atoms with Crippen LogP contribution in [-0.2, 0) is 17.8 Å². The van der Waals surface area contributed by atoms with Crippen LogP contribution in [0.3, 0.4) is 0 Å². The van der Waals surface area contributed by atoms with E-state index in [1.165, 1.54) is 10.4 Å². The highest BCUT2D eigenvalue weighted by Gasteiger charge is 2.08. The van der Waals surface area contributed by atoms with Crippen LogP contribution in [0.15, 0.2) is 11.4 Å². The van der Waals surface area contributed by atoms with Gasteiger partial charge in [-0.05, 0) is 31.1 Å². The molecule has 0 aliphatic carbocycles. The Hall–Kier alpha value is -0.380. The molecule has 1 aliphatic rings. The summed E-state index contributed by atoms with van der Waals surface area (Å²) in [6, 6.07) is 2.15. The summed E-state index contributed by atoms with van der Waals surface area (Å²) in [5.41, 5.74) is 1.39. The van der Waals surface area contributed by atoms with Crippen molar-refractivity contribution in [2.45, 2.75) is 26.9 Å². The maximum absolute atomic E-state index is 5.26. The number of ether oxygens (including phenoxy) is 1. The molecule has 0 radical (unpaired) electrons. The van der Waals surface area contributed by atoms with Crippen molar-refractivity contribution >= 4 is 11.3 Å². The molecule has 0 saturated heterocycles. The molecule has 2 nitrogen and oxygen atoms in total. The van der Waals surface area contributed by atoms with Crippen molar-refractivity contribution in [3.05, 3.63) is 21.9 Å². The van der Waals surface area contributed by atoms with E-state index in [9.17, 15) is 0 Å². The van der Waals surface area contributed by atoms with Crippen LogP contribution in [0, 0.1) is 0 Å². The van der Waals surface area contributed by atoms with Crippen molar-refractivity contribution in [2.24, 2.45) is 0 Å². The molecule has 0 unspecified atom stereocenters. The predicted molar refractivity (Wildman–Crippen MR) is 64.0 cm³/mol. The Morgan fingerprint density at radius 2 is 2.00 bits per heavy atom. The second kappa shape index (κ2) is 9.19. The Kier molecular flexibility index (Phi) is 8.94. The first-order chi connectivity index (χ1) is 6.88. The van der Waals surface area contributed by atoms with Crippen LogP contribution >= 0.6 is 11.3 Å². The highest BCUT2D eigenvalue weighted by Crippen LogP contribution is 2.21. The van der Waals surface area contributed by atoms with Gasteiger partial charge in [0.15, 0.2) is 0 Å².